The summed E-state index contributed by atoms with van der Waals surface area (Å²) in [6.07, 6.45) is -0.217. The van der Waals surface area contributed by atoms with Gasteiger partial charge in [-0.25, -0.2) is 9.59 Å². The zero-order valence-corrected chi connectivity index (χ0v) is 15.7. The largest absolute Gasteiger partial charge is 0.447 e. The summed E-state index contributed by atoms with van der Waals surface area (Å²) >= 11 is 0. The van der Waals surface area contributed by atoms with Gasteiger partial charge >= 0.3 is 12.2 Å². The lowest BCUT2D eigenvalue weighted by Crippen LogP contribution is -2.36. The number of carbonyl (C=O) groups is 2. The van der Waals surface area contributed by atoms with Crippen LogP contribution < -0.4 is 9.80 Å². The fourth-order valence-corrected chi connectivity index (χ4v) is 3.61. The molecule has 2 heterocycles. The fourth-order valence-electron chi connectivity index (χ4n) is 3.61. The van der Waals surface area contributed by atoms with E-state index in [1.807, 2.05) is 48.5 Å². The van der Waals surface area contributed by atoms with Gasteiger partial charge in [0.05, 0.1) is 25.3 Å². The van der Waals surface area contributed by atoms with Crippen molar-refractivity contribution in [2.75, 3.05) is 36.2 Å². The fraction of sp³-hybridized carbons (Fsp3) is 0.333. The second-order valence-corrected chi connectivity index (χ2v) is 7.08. The van der Waals surface area contributed by atoms with E-state index < -0.39 is 12.2 Å². The number of benzene rings is 2. The molecule has 0 bridgehead atoms. The van der Waals surface area contributed by atoms with Crippen LogP contribution in [0.3, 0.4) is 0 Å². The van der Waals surface area contributed by atoms with Crippen molar-refractivity contribution < 1.29 is 29.3 Å². The molecule has 0 aliphatic carbocycles. The molecule has 2 aromatic rings. The van der Waals surface area contributed by atoms with E-state index in [1.54, 1.807) is 0 Å². The van der Waals surface area contributed by atoms with Crippen LogP contribution in [-0.2, 0) is 15.9 Å². The lowest BCUT2D eigenvalue weighted by molar-refractivity contribution is 0.173. The zero-order chi connectivity index (χ0) is 20.4. The molecule has 0 spiro atoms. The molecular formula is C21H22N2O6. The summed E-state index contributed by atoms with van der Waals surface area (Å²) in [5.41, 5.74) is 3.49. The van der Waals surface area contributed by atoms with Crippen molar-refractivity contribution in [2.24, 2.45) is 0 Å². The highest BCUT2D eigenvalue weighted by Gasteiger charge is 2.34. The number of aliphatic hydroxyl groups is 2. The van der Waals surface area contributed by atoms with Crippen LogP contribution in [0, 0.1) is 0 Å². The van der Waals surface area contributed by atoms with E-state index in [1.165, 1.54) is 9.80 Å². The Bertz CT molecular complexity index is 810. The van der Waals surface area contributed by atoms with Gasteiger partial charge in [-0.3, -0.25) is 9.80 Å². The number of amides is 2. The molecule has 29 heavy (non-hydrogen) atoms. The van der Waals surface area contributed by atoms with Crippen molar-refractivity contribution in [3.05, 3.63) is 59.7 Å². The molecule has 152 valence electrons. The second-order valence-electron chi connectivity index (χ2n) is 7.08. The number of hydrogen-bond acceptors (Lipinski definition) is 6. The molecule has 2 unspecified atom stereocenters. The molecule has 2 amide bonds. The van der Waals surface area contributed by atoms with Gasteiger partial charge in [-0.1, -0.05) is 24.3 Å². The number of anilines is 2. The molecule has 2 aliphatic rings. The molecule has 0 aromatic heterocycles. The van der Waals surface area contributed by atoms with E-state index in [9.17, 15) is 19.8 Å². The Labute approximate surface area is 167 Å². The van der Waals surface area contributed by atoms with Gasteiger partial charge in [0.1, 0.15) is 13.2 Å². The van der Waals surface area contributed by atoms with E-state index in [0.29, 0.717) is 17.8 Å². The highest BCUT2D eigenvalue weighted by Crippen LogP contribution is 2.26. The monoisotopic (exact) mass is 398 g/mol. The SMILES string of the molecule is O=C1OCC(CO)N1c1ccc(Cc2ccc(N3C(=O)OCC3CO)cc2)cc1. The Hall–Kier alpha value is -3.10. The average Bonchev–Trinajstić information content (AvgIpc) is 3.31. The molecule has 2 saturated heterocycles. The highest BCUT2D eigenvalue weighted by atomic mass is 16.6. The Kier molecular flexibility index (Phi) is 5.37. The number of ether oxygens (including phenoxy) is 2. The molecule has 2 aromatic carbocycles. The summed E-state index contributed by atoms with van der Waals surface area (Å²) in [4.78, 5) is 26.7. The van der Waals surface area contributed by atoms with Crippen LogP contribution in [0.4, 0.5) is 21.0 Å². The summed E-state index contributed by atoms with van der Waals surface area (Å²) < 4.78 is 10.0. The third-order valence-electron chi connectivity index (χ3n) is 5.18. The highest BCUT2D eigenvalue weighted by molar-refractivity contribution is 5.91. The van der Waals surface area contributed by atoms with Gasteiger partial charge in [0.2, 0.25) is 0 Å². The van der Waals surface area contributed by atoms with Crippen molar-refractivity contribution >= 4 is 23.6 Å². The molecule has 0 radical (unpaired) electrons. The number of rotatable bonds is 6. The van der Waals surface area contributed by atoms with Crippen LogP contribution in [-0.4, -0.2) is 60.9 Å². The van der Waals surface area contributed by atoms with E-state index in [4.69, 9.17) is 9.47 Å². The van der Waals surface area contributed by atoms with Gasteiger partial charge in [0.15, 0.2) is 0 Å². The predicted molar refractivity (Wildman–Crippen MR) is 105 cm³/mol. The normalized spacial score (nSPS) is 21.4. The number of hydrogen-bond donors (Lipinski definition) is 2. The third-order valence-corrected chi connectivity index (χ3v) is 5.18. The quantitative estimate of drug-likeness (QED) is 0.771. The maximum Gasteiger partial charge on any atom is 0.414 e. The summed E-state index contributed by atoms with van der Waals surface area (Å²) in [7, 11) is 0. The lowest BCUT2D eigenvalue weighted by Gasteiger charge is -2.20. The van der Waals surface area contributed by atoms with Crippen LogP contribution in [0.25, 0.3) is 0 Å². The molecule has 2 fully saturated rings. The second kappa shape index (κ2) is 8.10. The van der Waals surface area contributed by atoms with Crippen LogP contribution in [0.2, 0.25) is 0 Å². The van der Waals surface area contributed by atoms with Gasteiger partial charge in [-0.2, -0.15) is 0 Å². The van der Waals surface area contributed by atoms with Gasteiger partial charge in [0.25, 0.3) is 0 Å². The first-order chi connectivity index (χ1) is 14.1. The minimum atomic E-state index is -0.450. The Balaban J connectivity index is 1.44. The maximum absolute atomic E-state index is 11.9. The molecule has 2 N–H and O–H groups in total. The molecular weight excluding hydrogens is 376 g/mol. The van der Waals surface area contributed by atoms with Crippen LogP contribution >= 0.6 is 0 Å². The van der Waals surface area contributed by atoms with Crippen molar-refractivity contribution in [1.82, 2.24) is 0 Å². The molecule has 2 aliphatic heterocycles. The average molecular weight is 398 g/mol. The topological polar surface area (TPSA) is 99.5 Å². The molecule has 4 rings (SSSR count). The number of carbonyl (C=O) groups excluding carboxylic acids is 2. The Morgan fingerprint density at radius 3 is 1.45 bits per heavy atom. The molecule has 2 atom stereocenters. The van der Waals surface area contributed by atoms with E-state index in [2.05, 4.69) is 0 Å². The van der Waals surface area contributed by atoms with Gasteiger partial charge in [-0.15, -0.1) is 0 Å². The molecule has 0 saturated carbocycles. The summed E-state index contributed by atoms with van der Waals surface area (Å²) in [6, 6.07) is 14.4. The van der Waals surface area contributed by atoms with E-state index in [-0.39, 0.29) is 38.5 Å². The number of aliphatic hydroxyl groups excluding tert-OH is 2. The summed E-state index contributed by atoms with van der Waals surface area (Å²) in [5.74, 6) is 0. The van der Waals surface area contributed by atoms with Crippen molar-refractivity contribution in [2.45, 2.75) is 18.5 Å². The minimum absolute atomic E-state index is 0.151. The first-order valence-electron chi connectivity index (χ1n) is 9.42. The van der Waals surface area contributed by atoms with E-state index in [0.717, 1.165) is 11.1 Å². The minimum Gasteiger partial charge on any atom is -0.447 e. The Morgan fingerprint density at radius 1 is 0.724 bits per heavy atom. The first kappa shape index (κ1) is 19.2. The van der Waals surface area contributed by atoms with Gasteiger partial charge in [-0.05, 0) is 41.8 Å². The maximum atomic E-state index is 11.9. The number of cyclic esters (lactones) is 2. The number of nitrogens with zero attached hydrogens (tertiary/aromatic N) is 2. The van der Waals surface area contributed by atoms with Crippen LogP contribution in [0.5, 0.6) is 0 Å². The first-order valence-corrected chi connectivity index (χ1v) is 9.42. The van der Waals surface area contributed by atoms with Crippen molar-refractivity contribution in [3.8, 4) is 0 Å². The smallest absolute Gasteiger partial charge is 0.414 e. The Morgan fingerprint density at radius 2 is 1.10 bits per heavy atom. The van der Waals surface area contributed by atoms with E-state index >= 15 is 0 Å². The molecule has 8 nitrogen and oxygen atoms in total. The van der Waals surface area contributed by atoms with Gasteiger partial charge < -0.3 is 19.7 Å². The third kappa shape index (κ3) is 3.76. The van der Waals surface area contributed by atoms with Crippen LogP contribution in [0.1, 0.15) is 11.1 Å². The summed E-state index contributed by atoms with van der Waals surface area (Å²) in [6.45, 7) is 0.0688. The predicted octanol–water partition coefficient (Wildman–Crippen LogP) is 1.91. The van der Waals surface area contributed by atoms with Crippen molar-refractivity contribution in [1.29, 1.82) is 0 Å². The standard InChI is InChI=1S/C21H22N2O6/c24-10-18-12-28-20(26)22(18)16-5-1-14(2-6-16)9-15-3-7-17(8-4-15)23-19(11-25)13-29-21(23)27/h1-8,18-19,24-25H,9-13H2. The zero-order valence-electron chi connectivity index (χ0n) is 15.7. The van der Waals surface area contributed by atoms with Gasteiger partial charge in [0, 0.05) is 11.4 Å². The van der Waals surface area contributed by atoms with Crippen LogP contribution in [0.15, 0.2) is 48.5 Å². The van der Waals surface area contributed by atoms with Crippen molar-refractivity contribution in [3.63, 3.8) is 0 Å². The summed E-state index contributed by atoms with van der Waals surface area (Å²) in [5, 5.41) is 18.8. The molecule has 8 heteroatoms. The lowest BCUT2D eigenvalue weighted by atomic mass is 10.0.